The number of aryl methyl sites for hydroxylation is 2. The van der Waals surface area contributed by atoms with E-state index in [-0.39, 0.29) is 10.8 Å². The van der Waals surface area contributed by atoms with Crippen LogP contribution in [0.4, 0.5) is 5.69 Å². The first kappa shape index (κ1) is 23.7. The van der Waals surface area contributed by atoms with E-state index in [1.54, 1.807) is 19.1 Å². The summed E-state index contributed by atoms with van der Waals surface area (Å²) in [4.78, 5) is 12.2. The van der Waals surface area contributed by atoms with Crippen molar-refractivity contribution in [3.05, 3.63) is 53.6 Å². The molecule has 0 unspecified atom stereocenters. The summed E-state index contributed by atoms with van der Waals surface area (Å²) in [5.41, 5.74) is 2.57. The van der Waals surface area contributed by atoms with Gasteiger partial charge in [0.1, 0.15) is 5.75 Å². The van der Waals surface area contributed by atoms with E-state index in [4.69, 9.17) is 4.74 Å². The van der Waals surface area contributed by atoms with Gasteiger partial charge in [-0.2, -0.15) is 0 Å². The number of benzene rings is 2. The van der Waals surface area contributed by atoms with Crippen molar-refractivity contribution in [3.8, 4) is 5.75 Å². The molecule has 0 fully saturated rings. The Morgan fingerprint density at radius 2 is 1.53 bits per heavy atom. The maximum atomic E-state index is 12.9. The zero-order valence-corrected chi connectivity index (χ0v) is 19.2. The topological polar surface area (TPSA) is 84.5 Å². The summed E-state index contributed by atoms with van der Waals surface area (Å²) in [5.74, 6) is 0.582. The Hall–Kier alpha value is -2.54. The van der Waals surface area contributed by atoms with Crippen molar-refractivity contribution in [1.82, 2.24) is 5.32 Å². The summed E-state index contributed by atoms with van der Waals surface area (Å²) in [5, 5.41) is 2.82. The minimum absolute atomic E-state index is 0.139. The van der Waals surface area contributed by atoms with E-state index in [9.17, 15) is 13.2 Å². The Morgan fingerprint density at radius 1 is 0.967 bits per heavy atom. The predicted molar refractivity (Wildman–Crippen MR) is 120 cm³/mol. The van der Waals surface area contributed by atoms with Gasteiger partial charge in [0.15, 0.2) is 6.10 Å². The van der Waals surface area contributed by atoms with E-state index in [0.717, 1.165) is 24.0 Å². The number of para-hydroxylation sites is 1. The number of carbonyl (C=O) groups is 1. The van der Waals surface area contributed by atoms with E-state index in [1.165, 1.54) is 12.1 Å². The molecular formula is C23H32N2O4S. The van der Waals surface area contributed by atoms with Crippen LogP contribution in [0.5, 0.6) is 5.75 Å². The van der Waals surface area contributed by atoms with Crippen LogP contribution >= 0.6 is 0 Å². The summed E-state index contributed by atoms with van der Waals surface area (Å²) in [7, 11) is -3.74. The summed E-state index contributed by atoms with van der Waals surface area (Å²) in [6.07, 6.45) is 0.790. The molecule has 0 bridgehead atoms. The van der Waals surface area contributed by atoms with E-state index < -0.39 is 16.1 Å². The molecule has 30 heavy (non-hydrogen) atoms. The molecular weight excluding hydrogens is 400 g/mol. The SMILES string of the molecule is CCc1cccc(CC)c1NS(=O)(=O)c1ccc(O[C@@H](C)C(=O)NCC(C)C)cc1. The highest BCUT2D eigenvalue weighted by Crippen LogP contribution is 2.26. The maximum Gasteiger partial charge on any atom is 0.261 e. The van der Waals surface area contributed by atoms with Gasteiger partial charge in [0.25, 0.3) is 15.9 Å². The molecule has 2 aromatic rings. The number of amides is 1. The minimum Gasteiger partial charge on any atom is -0.481 e. The van der Waals surface area contributed by atoms with Gasteiger partial charge >= 0.3 is 0 Å². The third kappa shape index (κ3) is 6.23. The molecule has 0 heterocycles. The third-order valence-electron chi connectivity index (χ3n) is 4.74. The van der Waals surface area contributed by atoms with Gasteiger partial charge < -0.3 is 10.1 Å². The Kier molecular flexibility index (Phi) is 8.29. The molecule has 0 aliphatic heterocycles. The molecule has 0 aromatic heterocycles. The number of hydrogen-bond donors (Lipinski definition) is 2. The first-order valence-corrected chi connectivity index (χ1v) is 11.8. The van der Waals surface area contributed by atoms with Crippen molar-refractivity contribution in [2.45, 2.75) is 58.5 Å². The predicted octanol–water partition coefficient (Wildman–Crippen LogP) is 4.15. The largest absolute Gasteiger partial charge is 0.481 e. The average molecular weight is 433 g/mol. The third-order valence-corrected chi connectivity index (χ3v) is 6.10. The average Bonchev–Trinajstić information content (AvgIpc) is 2.72. The first-order chi connectivity index (χ1) is 14.2. The fourth-order valence-electron chi connectivity index (χ4n) is 2.97. The lowest BCUT2D eigenvalue weighted by Gasteiger charge is -2.17. The van der Waals surface area contributed by atoms with Crippen LogP contribution in [0.15, 0.2) is 47.4 Å². The molecule has 2 rings (SSSR count). The Balaban J connectivity index is 2.13. The Bertz CT molecular complexity index is 931. The molecule has 1 amide bonds. The van der Waals surface area contributed by atoms with E-state index >= 15 is 0 Å². The van der Waals surface area contributed by atoms with Gasteiger partial charge in [0.05, 0.1) is 10.6 Å². The lowest BCUT2D eigenvalue weighted by atomic mass is 10.0. The zero-order valence-electron chi connectivity index (χ0n) is 18.4. The van der Waals surface area contributed by atoms with Crippen LogP contribution in [0.25, 0.3) is 0 Å². The molecule has 0 aliphatic carbocycles. The lowest BCUT2D eigenvalue weighted by molar-refractivity contribution is -0.127. The van der Waals surface area contributed by atoms with Crippen molar-refractivity contribution in [2.75, 3.05) is 11.3 Å². The molecule has 2 aromatic carbocycles. The smallest absolute Gasteiger partial charge is 0.261 e. The summed E-state index contributed by atoms with van der Waals surface area (Å²) < 4.78 is 34.2. The first-order valence-electron chi connectivity index (χ1n) is 10.4. The summed E-state index contributed by atoms with van der Waals surface area (Å²) in [6, 6.07) is 11.9. The van der Waals surface area contributed by atoms with Crippen molar-refractivity contribution in [2.24, 2.45) is 5.92 Å². The highest BCUT2D eigenvalue weighted by molar-refractivity contribution is 7.92. The van der Waals surface area contributed by atoms with Crippen LogP contribution in [-0.2, 0) is 27.7 Å². The molecule has 0 saturated carbocycles. The Labute approximate surface area is 180 Å². The molecule has 1 atom stereocenters. The van der Waals surface area contributed by atoms with Gasteiger partial charge in [0.2, 0.25) is 0 Å². The molecule has 0 radical (unpaired) electrons. The highest BCUT2D eigenvalue weighted by atomic mass is 32.2. The van der Waals surface area contributed by atoms with Crippen LogP contribution in [0, 0.1) is 5.92 Å². The monoisotopic (exact) mass is 432 g/mol. The minimum atomic E-state index is -3.74. The lowest BCUT2D eigenvalue weighted by Crippen LogP contribution is -2.38. The molecule has 6 nitrogen and oxygen atoms in total. The highest BCUT2D eigenvalue weighted by Gasteiger charge is 2.19. The fourth-order valence-corrected chi connectivity index (χ4v) is 4.11. The molecule has 0 saturated heterocycles. The summed E-state index contributed by atoms with van der Waals surface area (Å²) >= 11 is 0. The van der Waals surface area contributed by atoms with Crippen LogP contribution in [0.1, 0.15) is 45.7 Å². The Morgan fingerprint density at radius 3 is 2.03 bits per heavy atom. The number of rotatable bonds is 10. The van der Waals surface area contributed by atoms with Crippen molar-refractivity contribution < 1.29 is 17.9 Å². The van der Waals surface area contributed by atoms with Crippen LogP contribution < -0.4 is 14.8 Å². The van der Waals surface area contributed by atoms with Gasteiger partial charge in [-0.3, -0.25) is 9.52 Å². The molecule has 0 spiro atoms. The molecule has 0 aliphatic rings. The maximum absolute atomic E-state index is 12.9. The molecule has 164 valence electrons. The number of anilines is 1. The van der Waals surface area contributed by atoms with Gasteiger partial charge in [-0.15, -0.1) is 0 Å². The normalized spacial score (nSPS) is 12.5. The zero-order chi connectivity index (χ0) is 22.3. The second kappa shape index (κ2) is 10.5. The van der Waals surface area contributed by atoms with E-state index in [1.807, 2.05) is 45.9 Å². The van der Waals surface area contributed by atoms with Gasteiger partial charge in [0, 0.05) is 6.54 Å². The second-order valence-electron chi connectivity index (χ2n) is 7.63. The molecule has 7 heteroatoms. The second-order valence-corrected chi connectivity index (χ2v) is 9.32. The number of carbonyl (C=O) groups excluding carboxylic acids is 1. The fraction of sp³-hybridized carbons (Fsp3) is 0.435. The van der Waals surface area contributed by atoms with Crippen LogP contribution in [0.2, 0.25) is 0 Å². The van der Waals surface area contributed by atoms with Crippen LogP contribution in [0.3, 0.4) is 0 Å². The number of ether oxygens (including phenoxy) is 1. The van der Waals surface area contributed by atoms with E-state index in [2.05, 4.69) is 10.0 Å². The number of hydrogen-bond acceptors (Lipinski definition) is 4. The number of sulfonamides is 1. The quantitative estimate of drug-likeness (QED) is 0.591. The van der Waals surface area contributed by atoms with Gasteiger partial charge in [-0.05, 0) is 61.1 Å². The standard InChI is InChI=1S/C23H32N2O4S/c1-6-18-9-8-10-19(7-2)22(18)25-30(27,28)21-13-11-20(12-14-21)29-17(5)23(26)24-15-16(3)4/h8-14,16-17,25H,6-7,15H2,1-5H3,(H,24,26)/t17-/m0/s1. The van der Waals surface area contributed by atoms with Crippen molar-refractivity contribution in [3.63, 3.8) is 0 Å². The van der Waals surface area contributed by atoms with Crippen molar-refractivity contribution in [1.29, 1.82) is 0 Å². The van der Waals surface area contributed by atoms with Gasteiger partial charge in [-0.25, -0.2) is 8.42 Å². The number of nitrogens with one attached hydrogen (secondary N) is 2. The van der Waals surface area contributed by atoms with E-state index in [0.29, 0.717) is 23.9 Å². The summed E-state index contributed by atoms with van der Waals surface area (Å²) in [6.45, 7) is 10.3. The van der Waals surface area contributed by atoms with Gasteiger partial charge in [-0.1, -0.05) is 45.9 Å². The van der Waals surface area contributed by atoms with Crippen molar-refractivity contribution >= 4 is 21.6 Å². The van der Waals surface area contributed by atoms with Crippen LogP contribution in [-0.4, -0.2) is 27.0 Å². The molecule has 2 N–H and O–H groups in total.